The summed E-state index contributed by atoms with van der Waals surface area (Å²) in [6.07, 6.45) is -3.45. The van der Waals surface area contributed by atoms with Crippen LogP contribution in [0.4, 0.5) is 18.9 Å². The van der Waals surface area contributed by atoms with Crippen LogP contribution < -0.4 is 10.6 Å². The second kappa shape index (κ2) is 11.7. The van der Waals surface area contributed by atoms with E-state index < -0.39 is 23.6 Å². The Morgan fingerprint density at radius 1 is 1.06 bits per heavy atom. The predicted molar refractivity (Wildman–Crippen MR) is 116 cm³/mol. The van der Waals surface area contributed by atoms with Crippen LogP contribution in [0.1, 0.15) is 30.4 Å². The van der Waals surface area contributed by atoms with Gasteiger partial charge in [-0.3, -0.25) is 9.59 Å². The molecule has 0 spiro atoms. The first-order valence-electron chi connectivity index (χ1n) is 9.32. The average Bonchev–Trinajstić information content (AvgIpc) is 2.71. The Kier molecular flexibility index (Phi) is 9.26. The summed E-state index contributed by atoms with van der Waals surface area (Å²) in [5.74, 6) is -1.11. The fourth-order valence-electron chi connectivity index (χ4n) is 2.53. The predicted octanol–water partition coefficient (Wildman–Crippen LogP) is 5.13. The molecule has 2 rings (SSSR count). The van der Waals surface area contributed by atoms with Gasteiger partial charge in [0, 0.05) is 6.42 Å². The van der Waals surface area contributed by atoms with Gasteiger partial charge in [0.25, 0.3) is 0 Å². The van der Waals surface area contributed by atoms with E-state index in [1.165, 1.54) is 0 Å². The first-order valence-corrected chi connectivity index (χ1v) is 10.1. The van der Waals surface area contributed by atoms with Gasteiger partial charge in [-0.05, 0) is 48.8 Å². The molecule has 0 saturated carbocycles. The lowest BCUT2D eigenvalue weighted by atomic mass is 10.1. The molecule has 0 unspecified atom stereocenters. The molecular weight excluding hydrogens is 453 g/mol. The van der Waals surface area contributed by atoms with Crippen molar-refractivity contribution in [1.82, 2.24) is 5.32 Å². The number of ether oxygens (including phenoxy) is 1. The summed E-state index contributed by atoms with van der Waals surface area (Å²) in [7, 11) is 0. The third-order valence-electron chi connectivity index (χ3n) is 4.07. The van der Waals surface area contributed by atoms with E-state index >= 15 is 0 Å². The highest BCUT2D eigenvalue weighted by molar-refractivity contribution is 7.80. The van der Waals surface area contributed by atoms with Crippen molar-refractivity contribution in [2.24, 2.45) is 0 Å². The lowest BCUT2D eigenvalue weighted by Crippen LogP contribution is -2.34. The summed E-state index contributed by atoms with van der Waals surface area (Å²) in [4.78, 5) is 23.7. The van der Waals surface area contributed by atoms with Crippen LogP contribution in [0.25, 0.3) is 0 Å². The van der Waals surface area contributed by atoms with E-state index in [4.69, 9.17) is 28.6 Å². The van der Waals surface area contributed by atoms with Crippen LogP contribution in [-0.2, 0) is 26.9 Å². The van der Waals surface area contributed by atoms with Crippen molar-refractivity contribution < 1.29 is 27.5 Å². The van der Waals surface area contributed by atoms with E-state index in [2.05, 4.69) is 10.6 Å². The third kappa shape index (κ3) is 8.94. The molecule has 0 aliphatic rings. The minimum Gasteiger partial charge on any atom is -0.466 e. The molecule has 10 heteroatoms. The number of halogens is 4. The molecule has 0 saturated heterocycles. The molecule has 0 aliphatic heterocycles. The second-order valence-electron chi connectivity index (χ2n) is 6.50. The number of rotatable bonds is 8. The number of carbonyl (C=O) groups excluding carboxylic acids is 2. The van der Waals surface area contributed by atoms with E-state index in [9.17, 15) is 22.8 Å². The average molecular weight is 473 g/mol. The fourth-order valence-corrected chi connectivity index (χ4v) is 2.92. The Morgan fingerprint density at radius 3 is 2.45 bits per heavy atom. The number of alkyl halides is 3. The second-order valence-corrected chi connectivity index (χ2v) is 7.32. The molecular formula is C21H20ClF3N2O3S. The van der Waals surface area contributed by atoms with E-state index in [-0.39, 0.29) is 35.3 Å². The molecule has 2 aromatic carbocycles. The summed E-state index contributed by atoms with van der Waals surface area (Å²) in [5, 5.41) is 4.51. The van der Waals surface area contributed by atoms with Crippen molar-refractivity contribution >= 4 is 46.5 Å². The quantitative estimate of drug-likeness (QED) is 0.317. The maximum atomic E-state index is 12.8. The van der Waals surface area contributed by atoms with E-state index in [0.717, 1.165) is 30.2 Å². The Morgan fingerprint density at radius 2 is 1.77 bits per heavy atom. The molecule has 0 bridgehead atoms. The van der Waals surface area contributed by atoms with Crippen LogP contribution in [0.15, 0.2) is 48.5 Å². The van der Waals surface area contributed by atoms with Crippen LogP contribution in [0, 0.1) is 0 Å². The number of aryl methyl sites for hydroxylation is 1. The molecule has 0 aliphatic carbocycles. The monoisotopic (exact) mass is 472 g/mol. The minimum absolute atomic E-state index is 0.00341. The number of benzene rings is 2. The van der Waals surface area contributed by atoms with Crippen LogP contribution >= 0.6 is 23.8 Å². The Balaban J connectivity index is 1.70. The molecule has 0 radical (unpaired) electrons. The lowest BCUT2D eigenvalue weighted by Gasteiger charge is -2.13. The van der Waals surface area contributed by atoms with Gasteiger partial charge in [-0.25, -0.2) is 0 Å². The normalized spacial score (nSPS) is 11.0. The van der Waals surface area contributed by atoms with Gasteiger partial charge in [-0.1, -0.05) is 41.9 Å². The molecule has 166 valence electrons. The molecule has 0 aromatic heterocycles. The highest BCUT2D eigenvalue weighted by Crippen LogP contribution is 2.33. The van der Waals surface area contributed by atoms with Crippen LogP contribution in [0.2, 0.25) is 5.02 Å². The zero-order valence-corrected chi connectivity index (χ0v) is 17.9. The maximum absolute atomic E-state index is 12.8. The zero-order valence-electron chi connectivity index (χ0n) is 16.3. The standard InChI is InChI=1S/C21H20ClF3N2O3S/c22-16-9-8-15(21(23,24)25)13-17(16)26-20(31)27-18(28)10-11-19(29)30-12-4-7-14-5-2-1-3-6-14/h1-3,5-6,8-9,13H,4,7,10-12H2,(H2,26,27,28,31). The topological polar surface area (TPSA) is 67.4 Å². The Bertz CT molecular complexity index is 924. The molecule has 1 amide bonds. The van der Waals surface area contributed by atoms with Crippen LogP contribution in [0.5, 0.6) is 0 Å². The molecule has 31 heavy (non-hydrogen) atoms. The van der Waals surface area contributed by atoms with E-state index in [0.29, 0.717) is 6.42 Å². The van der Waals surface area contributed by atoms with Crippen molar-refractivity contribution in [3.63, 3.8) is 0 Å². The largest absolute Gasteiger partial charge is 0.466 e. The molecule has 0 heterocycles. The summed E-state index contributed by atoms with van der Waals surface area (Å²) in [6, 6.07) is 12.4. The summed E-state index contributed by atoms with van der Waals surface area (Å²) < 4.78 is 43.5. The number of amides is 1. The van der Waals surface area contributed by atoms with Gasteiger partial charge in [0.05, 0.1) is 29.3 Å². The van der Waals surface area contributed by atoms with Gasteiger partial charge in [0.1, 0.15) is 0 Å². The Hall–Kier alpha value is -2.65. The number of hydrogen-bond donors (Lipinski definition) is 2. The van der Waals surface area contributed by atoms with Crippen LogP contribution in [-0.4, -0.2) is 23.6 Å². The van der Waals surface area contributed by atoms with Gasteiger partial charge in [-0.15, -0.1) is 0 Å². The number of thiocarbonyl (C=S) groups is 1. The van der Waals surface area contributed by atoms with E-state index in [1.807, 2.05) is 30.3 Å². The van der Waals surface area contributed by atoms with E-state index in [1.54, 1.807) is 0 Å². The molecule has 0 atom stereocenters. The van der Waals surface area contributed by atoms with Crippen molar-refractivity contribution in [2.45, 2.75) is 31.9 Å². The number of nitrogens with one attached hydrogen (secondary N) is 2. The van der Waals surface area contributed by atoms with Crippen LogP contribution in [0.3, 0.4) is 0 Å². The first kappa shape index (κ1) is 24.6. The smallest absolute Gasteiger partial charge is 0.416 e. The number of anilines is 1. The summed E-state index contributed by atoms with van der Waals surface area (Å²) in [5.41, 5.74) is 0.128. The molecule has 0 fully saturated rings. The Labute approximate surface area is 187 Å². The highest BCUT2D eigenvalue weighted by Gasteiger charge is 2.31. The third-order valence-corrected chi connectivity index (χ3v) is 4.60. The first-order chi connectivity index (χ1) is 14.6. The highest BCUT2D eigenvalue weighted by atomic mass is 35.5. The van der Waals surface area contributed by atoms with Crippen molar-refractivity contribution in [1.29, 1.82) is 0 Å². The number of esters is 1. The maximum Gasteiger partial charge on any atom is 0.416 e. The summed E-state index contributed by atoms with van der Waals surface area (Å²) in [6.45, 7) is 0.239. The minimum atomic E-state index is -4.55. The zero-order chi connectivity index (χ0) is 22.9. The van der Waals surface area contributed by atoms with Crippen molar-refractivity contribution in [2.75, 3.05) is 11.9 Å². The number of hydrogen-bond acceptors (Lipinski definition) is 4. The molecule has 2 aromatic rings. The van der Waals surface area contributed by atoms with Gasteiger partial charge in [0.2, 0.25) is 5.91 Å². The lowest BCUT2D eigenvalue weighted by molar-refractivity contribution is -0.145. The number of carbonyl (C=O) groups is 2. The van der Waals surface area contributed by atoms with Crippen molar-refractivity contribution in [3.05, 3.63) is 64.7 Å². The summed E-state index contributed by atoms with van der Waals surface area (Å²) >= 11 is 10.8. The molecule has 5 nitrogen and oxygen atoms in total. The van der Waals surface area contributed by atoms with Crippen molar-refractivity contribution in [3.8, 4) is 0 Å². The van der Waals surface area contributed by atoms with Gasteiger partial charge < -0.3 is 15.4 Å². The molecule has 2 N–H and O–H groups in total. The fraction of sp³-hybridized carbons (Fsp3) is 0.286. The van der Waals surface area contributed by atoms with Gasteiger partial charge >= 0.3 is 12.1 Å². The SMILES string of the molecule is O=C(CCC(=O)OCCCc1ccccc1)NC(=S)Nc1cc(C(F)(F)F)ccc1Cl. The van der Waals surface area contributed by atoms with Gasteiger partial charge in [0.15, 0.2) is 5.11 Å². The van der Waals surface area contributed by atoms with Gasteiger partial charge in [-0.2, -0.15) is 13.2 Å².